The molecule has 1 unspecified atom stereocenters. The van der Waals surface area contributed by atoms with Crippen molar-refractivity contribution >= 4 is 0 Å². The molecule has 1 aliphatic rings. The Morgan fingerprint density at radius 1 is 1.50 bits per heavy atom. The topological polar surface area (TPSA) is 23.5 Å². The lowest BCUT2D eigenvalue weighted by Crippen LogP contribution is -2.42. The maximum Gasteiger partial charge on any atom is 0.118 e. The van der Waals surface area contributed by atoms with Crippen LogP contribution in [0.15, 0.2) is 0 Å². The van der Waals surface area contributed by atoms with Crippen molar-refractivity contribution in [1.82, 2.24) is 4.90 Å². The monoisotopic (exact) mass is 143 g/mol. The Morgan fingerprint density at radius 2 is 2.20 bits per heavy atom. The molecule has 10 heavy (non-hydrogen) atoms. The number of nitrogens with zero attached hydrogens (tertiary/aromatic N) is 1. The highest BCUT2D eigenvalue weighted by Gasteiger charge is 2.35. The average molecular weight is 143 g/mol. The minimum atomic E-state index is -0.464. The first kappa shape index (κ1) is 8.02. The summed E-state index contributed by atoms with van der Waals surface area (Å²) >= 11 is 0. The van der Waals surface area contributed by atoms with Crippen LogP contribution in [0.4, 0.5) is 0 Å². The van der Waals surface area contributed by atoms with Gasteiger partial charge in [0.1, 0.15) is 5.72 Å². The molecule has 0 aromatic rings. The first-order valence-electron chi connectivity index (χ1n) is 4.20. The van der Waals surface area contributed by atoms with Crippen LogP contribution in [0.3, 0.4) is 0 Å². The smallest absolute Gasteiger partial charge is 0.118 e. The van der Waals surface area contributed by atoms with Gasteiger partial charge in [-0.1, -0.05) is 13.8 Å². The van der Waals surface area contributed by atoms with Gasteiger partial charge in [0.25, 0.3) is 0 Å². The lowest BCUT2D eigenvalue weighted by molar-refractivity contribution is -0.0804. The van der Waals surface area contributed by atoms with Gasteiger partial charge in [-0.15, -0.1) is 0 Å². The quantitative estimate of drug-likeness (QED) is 0.628. The summed E-state index contributed by atoms with van der Waals surface area (Å²) in [6, 6.07) is 0. The summed E-state index contributed by atoms with van der Waals surface area (Å²) < 4.78 is 0. The minimum absolute atomic E-state index is 0.464. The van der Waals surface area contributed by atoms with Gasteiger partial charge in [-0.25, -0.2) is 0 Å². The molecular formula is C8H17NO. The molecule has 60 valence electrons. The lowest BCUT2D eigenvalue weighted by atomic mass is 10.1. The third-order valence-corrected chi connectivity index (χ3v) is 2.54. The Morgan fingerprint density at radius 3 is 2.60 bits per heavy atom. The zero-order valence-corrected chi connectivity index (χ0v) is 6.93. The van der Waals surface area contributed by atoms with Crippen molar-refractivity contribution in [1.29, 1.82) is 0 Å². The molecule has 0 saturated carbocycles. The molecule has 1 N–H and O–H groups in total. The standard InChI is InChI=1S/C8H17NO/c1-3-8(10)6-5-7-9(8)4-2/h10H,3-7H2,1-2H3. The van der Waals surface area contributed by atoms with E-state index in [2.05, 4.69) is 11.8 Å². The first-order valence-corrected chi connectivity index (χ1v) is 4.20. The Hall–Kier alpha value is -0.0800. The Labute approximate surface area is 62.8 Å². The van der Waals surface area contributed by atoms with Crippen molar-refractivity contribution in [2.45, 2.75) is 38.8 Å². The Balaban J connectivity index is 2.56. The fourth-order valence-corrected chi connectivity index (χ4v) is 1.77. The van der Waals surface area contributed by atoms with Gasteiger partial charge in [0.2, 0.25) is 0 Å². The fourth-order valence-electron chi connectivity index (χ4n) is 1.77. The van der Waals surface area contributed by atoms with Crippen molar-refractivity contribution in [3.05, 3.63) is 0 Å². The average Bonchev–Trinajstić information content (AvgIpc) is 2.32. The second kappa shape index (κ2) is 2.89. The number of likely N-dealkylation sites (tertiary alicyclic amines) is 1. The van der Waals surface area contributed by atoms with Crippen molar-refractivity contribution in [3.8, 4) is 0 Å². The van der Waals surface area contributed by atoms with Gasteiger partial charge in [-0.3, -0.25) is 4.90 Å². The van der Waals surface area contributed by atoms with E-state index in [0.29, 0.717) is 0 Å². The summed E-state index contributed by atoms with van der Waals surface area (Å²) in [7, 11) is 0. The number of hydrogen-bond donors (Lipinski definition) is 1. The number of hydrogen-bond acceptors (Lipinski definition) is 2. The van der Waals surface area contributed by atoms with Gasteiger partial charge >= 0.3 is 0 Å². The van der Waals surface area contributed by atoms with Crippen LogP contribution >= 0.6 is 0 Å². The van der Waals surface area contributed by atoms with E-state index in [1.165, 1.54) is 0 Å². The summed E-state index contributed by atoms with van der Waals surface area (Å²) in [6.45, 7) is 6.20. The highest BCUT2D eigenvalue weighted by Crippen LogP contribution is 2.28. The zero-order chi connectivity index (χ0) is 7.61. The molecule has 1 fully saturated rings. The van der Waals surface area contributed by atoms with Gasteiger partial charge in [0, 0.05) is 6.54 Å². The highest BCUT2D eigenvalue weighted by molar-refractivity contribution is 4.83. The molecule has 0 aromatic heterocycles. The maximum absolute atomic E-state index is 9.89. The molecule has 2 heteroatoms. The predicted molar refractivity (Wildman–Crippen MR) is 41.7 cm³/mol. The summed E-state index contributed by atoms with van der Waals surface area (Å²) in [5.74, 6) is 0. The molecule has 0 amide bonds. The van der Waals surface area contributed by atoms with Crippen LogP contribution in [-0.2, 0) is 0 Å². The van der Waals surface area contributed by atoms with Crippen molar-refractivity contribution in [3.63, 3.8) is 0 Å². The molecule has 2 nitrogen and oxygen atoms in total. The van der Waals surface area contributed by atoms with Gasteiger partial charge in [0.05, 0.1) is 0 Å². The maximum atomic E-state index is 9.89. The summed E-state index contributed by atoms with van der Waals surface area (Å²) in [5, 5.41) is 9.89. The van der Waals surface area contributed by atoms with Crippen molar-refractivity contribution in [2.24, 2.45) is 0 Å². The van der Waals surface area contributed by atoms with Crippen molar-refractivity contribution < 1.29 is 5.11 Å². The molecular weight excluding hydrogens is 126 g/mol. The summed E-state index contributed by atoms with van der Waals surface area (Å²) in [6.07, 6.45) is 2.97. The number of aliphatic hydroxyl groups is 1. The predicted octanol–water partition coefficient (Wildman–Crippen LogP) is 1.20. The molecule has 1 saturated heterocycles. The van der Waals surface area contributed by atoms with Crippen molar-refractivity contribution in [2.75, 3.05) is 13.1 Å². The SMILES string of the molecule is CCN1CCCC1(O)CC. The summed E-state index contributed by atoms with van der Waals surface area (Å²) in [4.78, 5) is 2.16. The number of rotatable bonds is 2. The van der Waals surface area contributed by atoms with Crippen LogP contribution in [0.2, 0.25) is 0 Å². The van der Waals surface area contributed by atoms with Crippen LogP contribution in [-0.4, -0.2) is 28.8 Å². The highest BCUT2D eigenvalue weighted by atomic mass is 16.3. The van der Waals surface area contributed by atoms with Crippen LogP contribution in [0.25, 0.3) is 0 Å². The Kier molecular flexibility index (Phi) is 2.32. The molecule has 0 spiro atoms. The molecule has 1 rings (SSSR count). The van der Waals surface area contributed by atoms with Crippen LogP contribution in [0.1, 0.15) is 33.1 Å². The molecule has 0 radical (unpaired) electrons. The van der Waals surface area contributed by atoms with E-state index < -0.39 is 5.72 Å². The van der Waals surface area contributed by atoms with E-state index in [1.54, 1.807) is 0 Å². The van der Waals surface area contributed by atoms with Crippen LogP contribution < -0.4 is 0 Å². The van der Waals surface area contributed by atoms with E-state index in [4.69, 9.17) is 0 Å². The Bertz CT molecular complexity index is 116. The first-order chi connectivity index (χ1) is 4.73. The van der Waals surface area contributed by atoms with Crippen LogP contribution in [0.5, 0.6) is 0 Å². The minimum Gasteiger partial charge on any atom is -0.376 e. The molecule has 1 atom stereocenters. The second-order valence-electron chi connectivity index (χ2n) is 3.02. The summed E-state index contributed by atoms with van der Waals surface area (Å²) in [5.41, 5.74) is -0.464. The van der Waals surface area contributed by atoms with Gasteiger partial charge < -0.3 is 5.11 Å². The van der Waals surface area contributed by atoms with Crippen LogP contribution in [0, 0.1) is 0 Å². The molecule has 0 aromatic carbocycles. The van der Waals surface area contributed by atoms with Gasteiger partial charge in [-0.2, -0.15) is 0 Å². The fraction of sp³-hybridized carbons (Fsp3) is 1.00. The third-order valence-electron chi connectivity index (χ3n) is 2.54. The van der Waals surface area contributed by atoms with Gasteiger partial charge in [-0.05, 0) is 25.8 Å². The second-order valence-corrected chi connectivity index (χ2v) is 3.02. The van der Waals surface area contributed by atoms with E-state index >= 15 is 0 Å². The van der Waals surface area contributed by atoms with E-state index in [1.807, 2.05) is 6.92 Å². The van der Waals surface area contributed by atoms with E-state index in [0.717, 1.165) is 32.4 Å². The van der Waals surface area contributed by atoms with Gasteiger partial charge in [0.15, 0.2) is 0 Å². The molecule has 1 aliphatic heterocycles. The lowest BCUT2D eigenvalue weighted by Gasteiger charge is -2.31. The normalized spacial score (nSPS) is 35.1. The largest absolute Gasteiger partial charge is 0.376 e. The van der Waals surface area contributed by atoms with E-state index in [-0.39, 0.29) is 0 Å². The molecule has 0 aliphatic carbocycles. The van der Waals surface area contributed by atoms with E-state index in [9.17, 15) is 5.11 Å². The zero-order valence-electron chi connectivity index (χ0n) is 6.93. The molecule has 0 bridgehead atoms. The molecule has 1 heterocycles. The third kappa shape index (κ3) is 1.18.